The first-order valence-corrected chi connectivity index (χ1v) is 14.4. The highest BCUT2D eigenvalue weighted by molar-refractivity contribution is 7.99. The standard InChI is InChI=1S/C33H36N2O5S/c1-20-25(15-16-28(36)30(20)38)31(39)34-27(19-41-24-14-13-21-9-5-6-10-22(21)17-24)29(37)18-23-11-7-8-12-26(23)32(40)35-33(2,3)4/h5-17,27,29,36-38H,18-19H2,1-4H3,(H,34,39)(H,35,40)/t27-,29+/m0/s1. The lowest BCUT2D eigenvalue weighted by atomic mass is 9.96. The minimum absolute atomic E-state index is 0.136. The monoisotopic (exact) mass is 572 g/mol. The second-order valence-electron chi connectivity index (χ2n) is 11.1. The van der Waals surface area contributed by atoms with Gasteiger partial charge in [0.15, 0.2) is 11.5 Å². The van der Waals surface area contributed by atoms with Crippen molar-refractivity contribution in [2.24, 2.45) is 0 Å². The first-order chi connectivity index (χ1) is 19.4. The maximum absolute atomic E-state index is 13.3. The number of aliphatic hydroxyl groups excluding tert-OH is 1. The first-order valence-electron chi connectivity index (χ1n) is 13.5. The normalized spacial score (nSPS) is 13.0. The van der Waals surface area contributed by atoms with Crippen molar-refractivity contribution in [1.82, 2.24) is 10.6 Å². The summed E-state index contributed by atoms with van der Waals surface area (Å²) in [5.41, 5.74) is 1.13. The highest BCUT2D eigenvalue weighted by atomic mass is 32.2. The molecule has 5 N–H and O–H groups in total. The van der Waals surface area contributed by atoms with Gasteiger partial charge in [-0.15, -0.1) is 11.8 Å². The van der Waals surface area contributed by atoms with Crippen LogP contribution >= 0.6 is 11.8 Å². The fraction of sp³-hybridized carbons (Fsp3) is 0.273. The van der Waals surface area contributed by atoms with Crippen molar-refractivity contribution < 1.29 is 24.9 Å². The molecule has 7 nitrogen and oxygen atoms in total. The van der Waals surface area contributed by atoms with Crippen LogP contribution in [0.1, 0.15) is 52.6 Å². The van der Waals surface area contributed by atoms with E-state index in [2.05, 4.69) is 16.7 Å². The highest BCUT2D eigenvalue weighted by Gasteiger charge is 2.26. The Kier molecular flexibility index (Phi) is 9.25. The average Bonchev–Trinajstić information content (AvgIpc) is 2.93. The number of amides is 2. The number of fused-ring (bicyclic) bond motifs is 1. The number of aromatic hydroxyl groups is 2. The van der Waals surface area contributed by atoms with Gasteiger partial charge in [-0.25, -0.2) is 0 Å². The molecule has 0 aliphatic rings. The lowest BCUT2D eigenvalue weighted by molar-refractivity contribution is 0.0849. The van der Waals surface area contributed by atoms with Crippen molar-refractivity contribution in [2.75, 3.05) is 5.75 Å². The molecule has 0 fully saturated rings. The van der Waals surface area contributed by atoms with Crippen LogP contribution in [0.5, 0.6) is 11.5 Å². The zero-order valence-corrected chi connectivity index (χ0v) is 24.5. The highest BCUT2D eigenvalue weighted by Crippen LogP contribution is 2.31. The van der Waals surface area contributed by atoms with E-state index in [0.29, 0.717) is 16.9 Å². The number of carbonyl (C=O) groups excluding carboxylic acids is 2. The van der Waals surface area contributed by atoms with Gasteiger partial charge in [-0.2, -0.15) is 0 Å². The third-order valence-electron chi connectivity index (χ3n) is 6.77. The third-order valence-corrected chi connectivity index (χ3v) is 7.88. The number of phenols is 2. The van der Waals surface area contributed by atoms with Crippen LogP contribution in [0.4, 0.5) is 0 Å². The van der Waals surface area contributed by atoms with E-state index in [1.807, 2.05) is 63.2 Å². The van der Waals surface area contributed by atoms with Gasteiger partial charge in [0.05, 0.1) is 12.1 Å². The predicted octanol–water partition coefficient (Wildman–Crippen LogP) is 5.58. The van der Waals surface area contributed by atoms with E-state index in [1.165, 1.54) is 23.9 Å². The molecule has 0 saturated heterocycles. The largest absolute Gasteiger partial charge is 0.504 e. The lowest BCUT2D eigenvalue weighted by Gasteiger charge is -2.26. The fourth-order valence-electron chi connectivity index (χ4n) is 4.57. The molecular weight excluding hydrogens is 536 g/mol. The first kappa shape index (κ1) is 30.0. The smallest absolute Gasteiger partial charge is 0.252 e. The molecule has 2 amide bonds. The summed E-state index contributed by atoms with van der Waals surface area (Å²) in [4.78, 5) is 27.3. The number of rotatable bonds is 9. The lowest BCUT2D eigenvalue weighted by Crippen LogP contribution is -2.46. The van der Waals surface area contributed by atoms with Crippen molar-refractivity contribution >= 4 is 34.3 Å². The van der Waals surface area contributed by atoms with E-state index in [4.69, 9.17) is 0 Å². The predicted molar refractivity (Wildman–Crippen MR) is 164 cm³/mol. The van der Waals surface area contributed by atoms with Crippen molar-refractivity contribution in [3.05, 3.63) is 101 Å². The quantitative estimate of drug-likeness (QED) is 0.132. The van der Waals surface area contributed by atoms with Crippen LogP contribution in [0.25, 0.3) is 10.8 Å². The Labute approximate surface area is 244 Å². The van der Waals surface area contributed by atoms with Crippen molar-refractivity contribution in [3.63, 3.8) is 0 Å². The van der Waals surface area contributed by atoms with Gasteiger partial charge in [-0.05, 0) is 74.4 Å². The minimum atomic E-state index is -1.03. The summed E-state index contributed by atoms with van der Waals surface area (Å²) in [6.07, 6.45) is -0.891. The molecule has 8 heteroatoms. The van der Waals surface area contributed by atoms with E-state index in [9.17, 15) is 24.9 Å². The Morgan fingerprint density at radius 3 is 2.27 bits per heavy atom. The summed E-state index contributed by atoms with van der Waals surface area (Å²) in [5.74, 6) is -1.04. The molecule has 0 aromatic heterocycles. The average molecular weight is 573 g/mol. The Morgan fingerprint density at radius 2 is 1.54 bits per heavy atom. The summed E-state index contributed by atoms with van der Waals surface area (Å²) in [7, 11) is 0. The molecule has 0 unspecified atom stereocenters. The van der Waals surface area contributed by atoms with Gasteiger partial charge < -0.3 is 26.0 Å². The van der Waals surface area contributed by atoms with Crippen molar-refractivity contribution in [2.45, 2.75) is 56.7 Å². The van der Waals surface area contributed by atoms with Gasteiger partial charge in [0.1, 0.15) is 0 Å². The van der Waals surface area contributed by atoms with Gasteiger partial charge in [0, 0.05) is 39.3 Å². The van der Waals surface area contributed by atoms with Crippen LogP contribution in [0.3, 0.4) is 0 Å². The number of hydrogen-bond acceptors (Lipinski definition) is 6. The number of aliphatic hydroxyl groups is 1. The maximum atomic E-state index is 13.3. The maximum Gasteiger partial charge on any atom is 0.252 e. The minimum Gasteiger partial charge on any atom is -0.504 e. The summed E-state index contributed by atoms with van der Waals surface area (Å²) >= 11 is 1.50. The Balaban J connectivity index is 1.59. The topological polar surface area (TPSA) is 119 Å². The molecule has 0 aliphatic heterocycles. The Bertz CT molecular complexity index is 1560. The number of nitrogens with one attached hydrogen (secondary N) is 2. The van der Waals surface area contributed by atoms with Crippen molar-refractivity contribution in [1.29, 1.82) is 0 Å². The fourth-order valence-corrected chi connectivity index (χ4v) is 5.62. The molecule has 0 bridgehead atoms. The van der Waals surface area contributed by atoms with Gasteiger partial charge in [0.2, 0.25) is 0 Å². The molecule has 4 rings (SSSR count). The summed E-state index contributed by atoms with van der Waals surface area (Å²) in [6.45, 7) is 7.26. The summed E-state index contributed by atoms with van der Waals surface area (Å²) < 4.78 is 0. The summed E-state index contributed by atoms with van der Waals surface area (Å²) in [6, 6.07) is 23.3. The Morgan fingerprint density at radius 1 is 0.854 bits per heavy atom. The van der Waals surface area contributed by atoms with E-state index < -0.39 is 23.6 Å². The van der Waals surface area contributed by atoms with Gasteiger partial charge in [-0.3, -0.25) is 9.59 Å². The van der Waals surface area contributed by atoms with E-state index in [0.717, 1.165) is 15.7 Å². The van der Waals surface area contributed by atoms with Crippen molar-refractivity contribution in [3.8, 4) is 11.5 Å². The molecule has 0 saturated carbocycles. The van der Waals surface area contributed by atoms with Crippen LogP contribution in [-0.4, -0.2) is 50.6 Å². The molecule has 4 aromatic rings. The molecule has 41 heavy (non-hydrogen) atoms. The molecule has 2 atom stereocenters. The molecule has 0 aliphatic carbocycles. The Hall–Kier alpha value is -4.01. The van der Waals surface area contributed by atoms with Gasteiger partial charge in [0.25, 0.3) is 11.8 Å². The van der Waals surface area contributed by atoms with Crippen LogP contribution in [0, 0.1) is 6.92 Å². The molecule has 0 radical (unpaired) electrons. The van der Waals surface area contributed by atoms with Crippen LogP contribution in [-0.2, 0) is 6.42 Å². The second kappa shape index (κ2) is 12.7. The zero-order chi connectivity index (χ0) is 29.7. The molecule has 4 aromatic carbocycles. The SMILES string of the molecule is Cc1c(C(=O)N[C@@H](CSc2ccc3ccccc3c2)[C@H](O)Cc2ccccc2C(=O)NC(C)(C)C)ccc(O)c1O. The number of hydrogen-bond donors (Lipinski definition) is 5. The van der Waals surface area contributed by atoms with E-state index >= 15 is 0 Å². The number of benzene rings is 4. The summed E-state index contributed by atoms with van der Waals surface area (Å²) in [5, 5.41) is 39.5. The number of phenolic OH excluding ortho intramolecular Hbond substituents is 2. The zero-order valence-electron chi connectivity index (χ0n) is 23.6. The van der Waals surface area contributed by atoms with Gasteiger partial charge in [-0.1, -0.05) is 48.5 Å². The van der Waals surface area contributed by atoms with Gasteiger partial charge >= 0.3 is 0 Å². The van der Waals surface area contributed by atoms with E-state index in [1.54, 1.807) is 25.1 Å². The molecular formula is C33H36N2O5S. The van der Waals surface area contributed by atoms with Crippen LogP contribution in [0.2, 0.25) is 0 Å². The molecule has 0 spiro atoms. The van der Waals surface area contributed by atoms with E-state index in [-0.39, 0.29) is 35.0 Å². The third kappa shape index (κ3) is 7.60. The molecule has 0 heterocycles. The number of thioether (sulfide) groups is 1. The second-order valence-corrected chi connectivity index (χ2v) is 12.2. The van der Waals surface area contributed by atoms with Crippen LogP contribution < -0.4 is 10.6 Å². The van der Waals surface area contributed by atoms with Crippen LogP contribution in [0.15, 0.2) is 83.8 Å². The molecule has 214 valence electrons. The number of carbonyl (C=O) groups is 2.